The molecule has 0 spiro atoms. The van der Waals surface area contributed by atoms with Crippen LogP contribution in [0.2, 0.25) is 0 Å². The number of rotatable bonds is 6. The maximum absolute atomic E-state index is 10.9. The Bertz CT molecular complexity index is 454. The number of nitrogens with one attached hydrogen (secondary N) is 1. The molecule has 1 aromatic rings. The van der Waals surface area contributed by atoms with Crippen LogP contribution in [0.4, 0.5) is 0 Å². The number of aromatic amines is 1. The second-order valence-corrected chi connectivity index (χ2v) is 7.44. The normalized spacial score (nSPS) is 13.8. The zero-order valence-corrected chi connectivity index (χ0v) is 10.7. The van der Waals surface area contributed by atoms with Crippen molar-refractivity contribution in [2.24, 2.45) is 0 Å². The third-order valence-corrected chi connectivity index (χ3v) is 5.73. The molecule has 18 heavy (non-hydrogen) atoms. The average molecular weight is 302 g/mol. The van der Waals surface area contributed by atoms with Crippen molar-refractivity contribution in [1.82, 2.24) is 9.97 Å². The number of ether oxygens (including phenoxy) is 1. The van der Waals surface area contributed by atoms with Crippen LogP contribution in [0.3, 0.4) is 0 Å². The molecule has 1 rings (SSSR count). The summed E-state index contributed by atoms with van der Waals surface area (Å²) in [5, 5.41) is 5.88. The van der Waals surface area contributed by atoms with Gasteiger partial charge in [0, 0.05) is 0 Å². The molecule has 10 nitrogen and oxygen atoms in total. The van der Waals surface area contributed by atoms with Crippen LogP contribution in [0.5, 0.6) is 0 Å². The summed E-state index contributed by atoms with van der Waals surface area (Å²) in [6.45, 7) is -1.47. The number of H-pyrrole nitrogens is 1. The summed E-state index contributed by atoms with van der Waals surface area (Å²) in [7, 11) is -10.9. The molecule has 12 heteroatoms. The van der Waals surface area contributed by atoms with Gasteiger partial charge in [0.15, 0.2) is 0 Å². The summed E-state index contributed by atoms with van der Waals surface area (Å²) in [5.74, 6) is 0. The molecule has 0 bridgehead atoms. The van der Waals surface area contributed by atoms with Gasteiger partial charge in [-0.2, -0.15) is 0 Å². The minimum atomic E-state index is -5.47. The molecule has 0 atom stereocenters. The second kappa shape index (κ2) is 5.20. The third-order valence-electron chi connectivity index (χ3n) is 2.04. The summed E-state index contributed by atoms with van der Waals surface area (Å²) >= 11 is 0. The smallest absolute Gasteiger partial charge is 0.371 e. The number of aromatic nitrogens is 2. The minimum Gasteiger partial charge on any atom is -0.371 e. The van der Waals surface area contributed by atoms with E-state index in [1.165, 1.54) is 12.5 Å². The van der Waals surface area contributed by atoms with Crippen LogP contribution in [-0.2, 0) is 20.5 Å². The minimum absolute atomic E-state index is 0.248. The highest BCUT2D eigenvalue weighted by molar-refractivity contribution is 7.72. The molecule has 0 unspecified atom stereocenters. The first-order valence-corrected chi connectivity index (χ1v) is 7.69. The van der Waals surface area contributed by atoms with Gasteiger partial charge in [0.1, 0.15) is 0 Å². The SMILES string of the molecule is O=P(O)(O)C(O)(COCc1cnc[nH]1)P(=O)(O)O. The maximum atomic E-state index is 10.9. The van der Waals surface area contributed by atoms with E-state index in [1.54, 1.807) is 0 Å². The fourth-order valence-corrected chi connectivity index (χ4v) is 2.88. The van der Waals surface area contributed by atoms with Crippen molar-refractivity contribution in [3.8, 4) is 0 Å². The third kappa shape index (κ3) is 3.25. The molecule has 0 aliphatic heterocycles. The van der Waals surface area contributed by atoms with Gasteiger partial charge in [-0.3, -0.25) is 9.13 Å². The van der Waals surface area contributed by atoms with Gasteiger partial charge in [0.2, 0.25) is 0 Å². The predicted octanol–water partition coefficient (Wildman–Crippen LogP) is -1.07. The fraction of sp³-hybridized carbons (Fsp3) is 0.500. The molecule has 0 saturated heterocycles. The first-order chi connectivity index (χ1) is 8.08. The van der Waals surface area contributed by atoms with Gasteiger partial charge in [-0.05, 0) is 0 Å². The molecule has 0 fully saturated rings. The molecular formula is C6H12N2O8P2. The van der Waals surface area contributed by atoms with E-state index >= 15 is 0 Å². The van der Waals surface area contributed by atoms with Gasteiger partial charge in [0.05, 0.1) is 31.4 Å². The molecule has 104 valence electrons. The molecule has 0 saturated carbocycles. The van der Waals surface area contributed by atoms with E-state index in [0.717, 1.165) is 0 Å². The molecule has 0 amide bonds. The number of hydrogen-bond donors (Lipinski definition) is 6. The summed E-state index contributed by atoms with van der Waals surface area (Å²) in [6.07, 6.45) is 2.66. The Kier molecular flexibility index (Phi) is 4.47. The van der Waals surface area contributed by atoms with Crippen LogP contribution < -0.4 is 0 Å². The first kappa shape index (κ1) is 15.5. The van der Waals surface area contributed by atoms with Crippen molar-refractivity contribution in [3.63, 3.8) is 0 Å². The van der Waals surface area contributed by atoms with E-state index in [1.807, 2.05) is 0 Å². The van der Waals surface area contributed by atoms with E-state index in [9.17, 15) is 14.2 Å². The lowest BCUT2D eigenvalue weighted by Gasteiger charge is -2.28. The molecule has 1 heterocycles. The van der Waals surface area contributed by atoms with Crippen molar-refractivity contribution in [2.45, 2.75) is 11.7 Å². The highest BCUT2D eigenvalue weighted by Crippen LogP contribution is 2.67. The lowest BCUT2D eigenvalue weighted by molar-refractivity contribution is 0.0169. The lowest BCUT2D eigenvalue weighted by atomic mass is 10.5. The van der Waals surface area contributed by atoms with Crippen molar-refractivity contribution < 1.29 is 38.5 Å². The highest BCUT2D eigenvalue weighted by Gasteiger charge is 2.59. The van der Waals surface area contributed by atoms with Crippen molar-refractivity contribution in [1.29, 1.82) is 0 Å². The average Bonchev–Trinajstić information content (AvgIpc) is 2.66. The standard InChI is InChI=1S/C6H12N2O8P2/c9-6(17(10,11)12,18(13,14)15)3-16-2-5-1-7-4-8-5/h1,4,9H,2-3H2,(H,7,8)(H2,10,11,12)(H2,13,14,15). The molecule has 6 N–H and O–H groups in total. The molecular weight excluding hydrogens is 290 g/mol. The highest BCUT2D eigenvalue weighted by atomic mass is 31.2. The monoisotopic (exact) mass is 302 g/mol. The number of nitrogens with zero attached hydrogens (tertiary/aromatic N) is 1. The predicted molar refractivity (Wildman–Crippen MR) is 57.3 cm³/mol. The fourth-order valence-electron chi connectivity index (χ4n) is 0.999. The zero-order valence-electron chi connectivity index (χ0n) is 8.87. The number of aliphatic hydroxyl groups is 1. The lowest BCUT2D eigenvalue weighted by Crippen LogP contribution is -2.34. The summed E-state index contributed by atoms with van der Waals surface area (Å²) in [5.41, 5.74) is 0.411. The number of imidazole rings is 1. The van der Waals surface area contributed by atoms with Gasteiger partial charge >= 0.3 is 15.2 Å². The Labute approximate surface area is 101 Å². The van der Waals surface area contributed by atoms with E-state index in [-0.39, 0.29) is 6.61 Å². The Morgan fingerprint density at radius 3 is 2.22 bits per heavy atom. The molecule has 0 aliphatic rings. The Hall–Kier alpha value is -0.570. The van der Waals surface area contributed by atoms with Gasteiger partial charge in [0.25, 0.3) is 5.08 Å². The quantitative estimate of drug-likeness (QED) is 0.357. The Balaban J connectivity index is 2.76. The van der Waals surface area contributed by atoms with Crippen LogP contribution in [-0.4, -0.2) is 46.3 Å². The van der Waals surface area contributed by atoms with E-state index in [2.05, 4.69) is 9.97 Å². The molecule has 1 aromatic heterocycles. The summed E-state index contributed by atoms with van der Waals surface area (Å²) < 4.78 is 26.6. The van der Waals surface area contributed by atoms with Crippen molar-refractivity contribution in [3.05, 3.63) is 18.2 Å². The molecule has 0 aliphatic carbocycles. The van der Waals surface area contributed by atoms with Gasteiger partial charge in [-0.25, -0.2) is 4.98 Å². The maximum Gasteiger partial charge on any atom is 0.371 e. The van der Waals surface area contributed by atoms with E-state index in [4.69, 9.17) is 24.3 Å². The summed E-state index contributed by atoms with van der Waals surface area (Å²) in [4.78, 5) is 41.4. The molecule has 0 aromatic carbocycles. The Morgan fingerprint density at radius 1 is 1.28 bits per heavy atom. The van der Waals surface area contributed by atoms with Gasteiger partial charge in [-0.15, -0.1) is 0 Å². The van der Waals surface area contributed by atoms with Crippen LogP contribution in [0.1, 0.15) is 5.69 Å². The van der Waals surface area contributed by atoms with Crippen molar-refractivity contribution in [2.75, 3.05) is 6.61 Å². The summed E-state index contributed by atoms with van der Waals surface area (Å²) in [6, 6.07) is 0. The topological polar surface area (TPSA) is 173 Å². The van der Waals surface area contributed by atoms with Gasteiger partial charge < -0.3 is 34.4 Å². The van der Waals surface area contributed by atoms with E-state index in [0.29, 0.717) is 5.69 Å². The van der Waals surface area contributed by atoms with Crippen LogP contribution in [0.15, 0.2) is 12.5 Å². The largest absolute Gasteiger partial charge is 0.371 e. The first-order valence-electron chi connectivity index (χ1n) is 4.46. The van der Waals surface area contributed by atoms with Gasteiger partial charge in [-0.1, -0.05) is 0 Å². The van der Waals surface area contributed by atoms with Crippen LogP contribution in [0.25, 0.3) is 0 Å². The second-order valence-electron chi connectivity index (χ2n) is 3.43. The number of hydrogen-bond acceptors (Lipinski definition) is 5. The van der Waals surface area contributed by atoms with Crippen molar-refractivity contribution >= 4 is 15.2 Å². The van der Waals surface area contributed by atoms with E-state index < -0.39 is 26.9 Å². The zero-order chi connectivity index (χ0) is 14.0. The van der Waals surface area contributed by atoms with Crippen LogP contribution >= 0.6 is 15.2 Å². The molecule has 0 radical (unpaired) electrons. The van der Waals surface area contributed by atoms with Crippen LogP contribution in [0, 0.1) is 0 Å². The Morgan fingerprint density at radius 2 is 1.83 bits per heavy atom.